The average Bonchev–Trinajstić information content (AvgIpc) is 1.87. The van der Waals surface area contributed by atoms with Crippen LogP contribution in [-0.4, -0.2) is 17.5 Å². The lowest BCUT2D eigenvalue weighted by Gasteiger charge is -1.90. The summed E-state index contributed by atoms with van der Waals surface area (Å²) >= 11 is 0. The number of carbonyl (C=O) groups is 1. The number of carbonyl (C=O) groups excluding carboxylic acids is 1. The highest BCUT2D eigenvalue weighted by atomic mass is 16.3. The maximum Gasteiger partial charge on any atom is 0.180 e. The minimum atomic E-state index is -0.378. The molecule has 0 heterocycles. The van der Waals surface area contributed by atoms with E-state index in [0.29, 0.717) is 0 Å². The lowest BCUT2D eigenvalue weighted by Crippen LogP contribution is -1.99. The molecule has 0 aliphatic carbocycles. The molecule has 0 fully saturated rings. The zero-order valence-electron chi connectivity index (χ0n) is 5.85. The van der Waals surface area contributed by atoms with Crippen molar-refractivity contribution in [3.05, 3.63) is 11.6 Å². The quantitative estimate of drug-likeness (QED) is 0.573. The first-order valence-corrected chi connectivity index (χ1v) is 3.01. The van der Waals surface area contributed by atoms with Crippen molar-refractivity contribution in [2.45, 2.75) is 20.3 Å². The molecule has 2 heteroatoms. The van der Waals surface area contributed by atoms with Gasteiger partial charge in [0.05, 0.1) is 0 Å². The number of aliphatic hydroxyl groups is 1. The summed E-state index contributed by atoms with van der Waals surface area (Å²) in [4.78, 5) is 10.5. The van der Waals surface area contributed by atoms with Crippen LogP contribution >= 0.6 is 0 Å². The van der Waals surface area contributed by atoms with Gasteiger partial charge in [-0.2, -0.15) is 0 Å². The van der Waals surface area contributed by atoms with Gasteiger partial charge in [0.1, 0.15) is 6.61 Å². The third-order valence-corrected chi connectivity index (χ3v) is 1.12. The lowest BCUT2D eigenvalue weighted by atomic mass is 10.2. The van der Waals surface area contributed by atoms with Gasteiger partial charge < -0.3 is 5.11 Å². The molecule has 0 aliphatic rings. The van der Waals surface area contributed by atoms with E-state index in [4.69, 9.17) is 5.11 Å². The minimum absolute atomic E-state index is 0.214. The van der Waals surface area contributed by atoms with Crippen molar-refractivity contribution in [3.8, 4) is 0 Å². The standard InChI is InChI=1S/C7H12O2/c1-3-6(2)4-7(9)5-8/h4,8H,3,5H2,1-2H3. The van der Waals surface area contributed by atoms with Crippen LogP contribution in [0.1, 0.15) is 20.3 Å². The molecule has 0 atom stereocenters. The molecule has 0 unspecified atom stereocenters. The molecule has 1 N–H and O–H groups in total. The van der Waals surface area contributed by atoms with E-state index in [1.54, 1.807) is 0 Å². The molecule has 0 aromatic rings. The van der Waals surface area contributed by atoms with E-state index in [9.17, 15) is 4.79 Å². The summed E-state index contributed by atoms with van der Waals surface area (Å²) in [5, 5.41) is 8.29. The first-order valence-electron chi connectivity index (χ1n) is 3.01. The van der Waals surface area contributed by atoms with E-state index in [0.717, 1.165) is 12.0 Å². The Labute approximate surface area is 55.2 Å². The summed E-state index contributed by atoms with van der Waals surface area (Å²) in [7, 11) is 0. The topological polar surface area (TPSA) is 37.3 Å². The minimum Gasteiger partial charge on any atom is -0.388 e. The average molecular weight is 128 g/mol. The van der Waals surface area contributed by atoms with E-state index in [1.165, 1.54) is 6.08 Å². The van der Waals surface area contributed by atoms with Crippen molar-refractivity contribution < 1.29 is 9.90 Å². The largest absolute Gasteiger partial charge is 0.388 e. The Morgan fingerprint density at radius 1 is 1.67 bits per heavy atom. The van der Waals surface area contributed by atoms with Gasteiger partial charge in [-0.25, -0.2) is 0 Å². The number of ketones is 1. The van der Waals surface area contributed by atoms with Gasteiger partial charge in [-0.15, -0.1) is 0 Å². The van der Waals surface area contributed by atoms with Gasteiger partial charge in [0.25, 0.3) is 0 Å². The second-order valence-corrected chi connectivity index (χ2v) is 1.97. The molecule has 0 saturated heterocycles. The van der Waals surface area contributed by atoms with E-state index in [1.807, 2.05) is 13.8 Å². The van der Waals surface area contributed by atoms with Crippen molar-refractivity contribution in [1.82, 2.24) is 0 Å². The van der Waals surface area contributed by atoms with Crippen LogP contribution in [-0.2, 0) is 4.79 Å². The molecule has 0 aromatic carbocycles. The van der Waals surface area contributed by atoms with Gasteiger partial charge >= 0.3 is 0 Å². The van der Waals surface area contributed by atoms with E-state index in [-0.39, 0.29) is 12.4 Å². The molecule has 0 rings (SSSR count). The summed E-state index contributed by atoms with van der Waals surface area (Å²) < 4.78 is 0. The molecular formula is C7H12O2. The lowest BCUT2D eigenvalue weighted by molar-refractivity contribution is -0.117. The number of aliphatic hydroxyl groups excluding tert-OH is 1. The fourth-order valence-electron chi connectivity index (χ4n) is 0.423. The van der Waals surface area contributed by atoms with E-state index >= 15 is 0 Å². The van der Waals surface area contributed by atoms with Crippen molar-refractivity contribution in [2.24, 2.45) is 0 Å². The molecule has 52 valence electrons. The van der Waals surface area contributed by atoms with Crippen LogP contribution in [0.3, 0.4) is 0 Å². The van der Waals surface area contributed by atoms with Crippen molar-refractivity contribution in [3.63, 3.8) is 0 Å². The van der Waals surface area contributed by atoms with Crippen LogP contribution in [0.25, 0.3) is 0 Å². The Morgan fingerprint density at radius 3 is 2.56 bits per heavy atom. The number of hydrogen-bond acceptors (Lipinski definition) is 2. The first-order chi connectivity index (χ1) is 4.20. The third-order valence-electron chi connectivity index (χ3n) is 1.12. The molecule has 0 bridgehead atoms. The van der Waals surface area contributed by atoms with Crippen LogP contribution < -0.4 is 0 Å². The summed E-state index contributed by atoms with van der Waals surface area (Å²) in [6.07, 6.45) is 2.34. The number of allylic oxidation sites excluding steroid dienone is 1. The first kappa shape index (κ1) is 8.37. The Hall–Kier alpha value is -0.630. The molecule has 0 amide bonds. The zero-order valence-corrected chi connectivity index (χ0v) is 5.85. The molecule has 0 spiro atoms. The number of hydrogen-bond donors (Lipinski definition) is 1. The van der Waals surface area contributed by atoms with E-state index < -0.39 is 0 Å². The monoisotopic (exact) mass is 128 g/mol. The predicted molar refractivity (Wildman–Crippen MR) is 36.1 cm³/mol. The molecule has 0 aromatic heterocycles. The molecule has 0 radical (unpaired) electrons. The normalized spacial score (nSPS) is 11.7. The van der Waals surface area contributed by atoms with Crippen molar-refractivity contribution in [2.75, 3.05) is 6.61 Å². The molecular weight excluding hydrogens is 116 g/mol. The molecule has 2 nitrogen and oxygen atoms in total. The summed E-state index contributed by atoms with van der Waals surface area (Å²) in [6, 6.07) is 0. The fourth-order valence-corrected chi connectivity index (χ4v) is 0.423. The van der Waals surface area contributed by atoms with Gasteiger partial charge in [0, 0.05) is 0 Å². The van der Waals surface area contributed by atoms with Crippen LogP contribution in [0.4, 0.5) is 0 Å². The van der Waals surface area contributed by atoms with Gasteiger partial charge in [-0.05, 0) is 19.4 Å². The fraction of sp³-hybridized carbons (Fsp3) is 0.571. The van der Waals surface area contributed by atoms with Gasteiger partial charge in [0.2, 0.25) is 0 Å². The zero-order chi connectivity index (χ0) is 7.28. The van der Waals surface area contributed by atoms with Gasteiger partial charge in [-0.3, -0.25) is 4.79 Å². The van der Waals surface area contributed by atoms with Gasteiger partial charge in [-0.1, -0.05) is 12.5 Å². The van der Waals surface area contributed by atoms with Crippen LogP contribution in [0.15, 0.2) is 11.6 Å². The van der Waals surface area contributed by atoms with Crippen LogP contribution in [0.5, 0.6) is 0 Å². The number of rotatable bonds is 3. The van der Waals surface area contributed by atoms with Crippen molar-refractivity contribution >= 4 is 5.78 Å². The Balaban J connectivity index is 3.79. The van der Waals surface area contributed by atoms with Crippen LogP contribution in [0, 0.1) is 0 Å². The Morgan fingerprint density at radius 2 is 2.22 bits per heavy atom. The van der Waals surface area contributed by atoms with E-state index in [2.05, 4.69) is 0 Å². The maximum absolute atomic E-state index is 10.5. The Kier molecular flexibility index (Phi) is 3.97. The predicted octanol–water partition coefficient (Wildman–Crippen LogP) is 0.904. The summed E-state index contributed by atoms with van der Waals surface area (Å²) in [5.41, 5.74) is 1.01. The maximum atomic E-state index is 10.5. The van der Waals surface area contributed by atoms with Gasteiger partial charge in [0.15, 0.2) is 5.78 Å². The molecule has 0 saturated carbocycles. The second kappa shape index (κ2) is 4.27. The van der Waals surface area contributed by atoms with Crippen LogP contribution in [0.2, 0.25) is 0 Å². The van der Waals surface area contributed by atoms with Crippen molar-refractivity contribution in [1.29, 1.82) is 0 Å². The molecule has 0 aliphatic heterocycles. The SMILES string of the molecule is CCC(C)=CC(=O)CO. The highest BCUT2D eigenvalue weighted by Gasteiger charge is 1.92. The Bertz CT molecular complexity index is 125. The molecule has 9 heavy (non-hydrogen) atoms. The smallest absolute Gasteiger partial charge is 0.180 e. The highest BCUT2D eigenvalue weighted by molar-refractivity contribution is 5.91. The second-order valence-electron chi connectivity index (χ2n) is 1.97. The third kappa shape index (κ3) is 3.91. The summed E-state index contributed by atoms with van der Waals surface area (Å²) in [6.45, 7) is 3.46. The highest BCUT2D eigenvalue weighted by Crippen LogP contribution is 1.96. The summed E-state index contributed by atoms with van der Waals surface area (Å²) in [5.74, 6) is -0.214.